The molecule has 0 radical (unpaired) electrons. The standard InChI is InChI=1S/C23H33N5O3/c1-3-24-23(28-14-12-27(13-15-28)22(29)21-7-6-16-30-21)25-17-19(26-10-4-5-11-26)20-9-8-18(2)31-20/h6-9,16,19H,3-5,10-15,17H2,1-2H3,(H,24,25). The van der Waals surface area contributed by atoms with Crippen molar-refractivity contribution in [3.05, 3.63) is 47.8 Å². The van der Waals surface area contributed by atoms with E-state index in [0.717, 1.165) is 50.2 Å². The number of likely N-dealkylation sites (tertiary alicyclic amines) is 1. The molecule has 1 amide bonds. The molecule has 8 heteroatoms. The summed E-state index contributed by atoms with van der Waals surface area (Å²) in [5.74, 6) is 3.19. The Labute approximate surface area is 183 Å². The number of piperazine rings is 1. The fourth-order valence-corrected chi connectivity index (χ4v) is 4.35. The highest BCUT2D eigenvalue weighted by Gasteiger charge is 2.28. The molecule has 4 rings (SSSR count). The van der Waals surface area contributed by atoms with Gasteiger partial charge in [-0.25, -0.2) is 0 Å². The molecule has 2 aliphatic heterocycles. The van der Waals surface area contributed by atoms with Crippen LogP contribution >= 0.6 is 0 Å². The van der Waals surface area contributed by atoms with Gasteiger partial charge >= 0.3 is 0 Å². The smallest absolute Gasteiger partial charge is 0.289 e. The minimum atomic E-state index is -0.0473. The number of nitrogens with zero attached hydrogens (tertiary/aromatic N) is 4. The van der Waals surface area contributed by atoms with Crippen molar-refractivity contribution >= 4 is 11.9 Å². The number of aliphatic imine (C=N–C) groups is 1. The summed E-state index contributed by atoms with van der Waals surface area (Å²) in [6.45, 7) is 10.5. The van der Waals surface area contributed by atoms with Gasteiger partial charge in [-0.05, 0) is 64.0 Å². The van der Waals surface area contributed by atoms with Crippen LogP contribution in [0.4, 0.5) is 0 Å². The van der Waals surface area contributed by atoms with E-state index in [1.165, 1.54) is 19.1 Å². The number of aryl methyl sites for hydroxylation is 1. The Kier molecular flexibility index (Phi) is 6.96. The molecule has 1 N–H and O–H groups in total. The van der Waals surface area contributed by atoms with Crippen molar-refractivity contribution in [3.63, 3.8) is 0 Å². The molecule has 8 nitrogen and oxygen atoms in total. The van der Waals surface area contributed by atoms with Gasteiger partial charge in [0.1, 0.15) is 11.5 Å². The van der Waals surface area contributed by atoms with Crippen LogP contribution < -0.4 is 5.32 Å². The quantitative estimate of drug-likeness (QED) is 0.564. The maximum Gasteiger partial charge on any atom is 0.289 e. The van der Waals surface area contributed by atoms with Gasteiger partial charge in [-0.2, -0.15) is 0 Å². The zero-order valence-electron chi connectivity index (χ0n) is 18.5. The Morgan fingerprint density at radius 3 is 2.45 bits per heavy atom. The van der Waals surface area contributed by atoms with Crippen LogP contribution in [-0.2, 0) is 0 Å². The van der Waals surface area contributed by atoms with E-state index in [1.807, 2.05) is 17.9 Å². The third-order valence-electron chi connectivity index (χ3n) is 6.02. The summed E-state index contributed by atoms with van der Waals surface area (Å²) in [5.41, 5.74) is 0. The number of amides is 1. The molecule has 31 heavy (non-hydrogen) atoms. The van der Waals surface area contributed by atoms with Gasteiger partial charge in [-0.3, -0.25) is 14.7 Å². The highest BCUT2D eigenvalue weighted by atomic mass is 16.3. The van der Waals surface area contributed by atoms with E-state index in [4.69, 9.17) is 13.8 Å². The molecule has 2 aliphatic rings. The highest BCUT2D eigenvalue weighted by Crippen LogP contribution is 2.27. The highest BCUT2D eigenvalue weighted by molar-refractivity contribution is 5.91. The normalized spacial score (nSPS) is 19.1. The first-order chi connectivity index (χ1) is 15.2. The number of rotatable bonds is 6. The van der Waals surface area contributed by atoms with Crippen LogP contribution in [0.1, 0.15) is 47.9 Å². The monoisotopic (exact) mass is 427 g/mol. The molecule has 0 aromatic carbocycles. The van der Waals surface area contributed by atoms with Gasteiger partial charge in [0, 0.05) is 32.7 Å². The van der Waals surface area contributed by atoms with Crippen LogP contribution in [0.5, 0.6) is 0 Å². The summed E-state index contributed by atoms with van der Waals surface area (Å²) in [5, 5.41) is 3.43. The second-order valence-corrected chi connectivity index (χ2v) is 8.16. The van der Waals surface area contributed by atoms with Crippen LogP contribution in [0, 0.1) is 6.92 Å². The lowest BCUT2D eigenvalue weighted by molar-refractivity contribution is 0.0657. The van der Waals surface area contributed by atoms with Crippen LogP contribution in [-0.4, -0.2) is 78.9 Å². The summed E-state index contributed by atoms with van der Waals surface area (Å²) in [6.07, 6.45) is 3.99. The fourth-order valence-electron chi connectivity index (χ4n) is 4.35. The van der Waals surface area contributed by atoms with Crippen molar-refractivity contribution in [2.24, 2.45) is 4.99 Å². The van der Waals surface area contributed by atoms with Gasteiger partial charge in [0.05, 0.1) is 18.8 Å². The van der Waals surface area contributed by atoms with Crippen molar-refractivity contribution < 1.29 is 13.6 Å². The van der Waals surface area contributed by atoms with E-state index in [-0.39, 0.29) is 11.9 Å². The van der Waals surface area contributed by atoms with Crippen molar-refractivity contribution in [2.45, 2.75) is 32.7 Å². The molecule has 2 aromatic heterocycles. The lowest BCUT2D eigenvalue weighted by Gasteiger charge is -2.36. The molecule has 2 saturated heterocycles. The largest absolute Gasteiger partial charge is 0.465 e. The molecule has 0 bridgehead atoms. The zero-order valence-corrected chi connectivity index (χ0v) is 18.5. The average molecular weight is 428 g/mol. The Hall–Kier alpha value is -2.74. The SMILES string of the molecule is CCNC(=NCC(c1ccc(C)o1)N1CCCC1)N1CCN(C(=O)c2ccco2)CC1. The maximum atomic E-state index is 12.5. The number of carbonyl (C=O) groups excluding carboxylic acids is 1. The summed E-state index contributed by atoms with van der Waals surface area (Å²) >= 11 is 0. The van der Waals surface area contributed by atoms with Gasteiger partial charge < -0.3 is 24.0 Å². The summed E-state index contributed by atoms with van der Waals surface area (Å²) in [4.78, 5) is 24.1. The van der Waals surface area contributed by atoms with Gasteiger partial charge in [0.15, 0.2) is 11.7 Å². The van der Waals surface area contributed by atoms with Gasteiger partial charge in [-0.1, -0.05) is 0 Å². The van der Waals surface area contributed by atoms with Crippen molar-refractivity contribution in [2.75, 3.05) is 52.4 Å². The predicted octanol–water partition coefficient (Wildman–Crippen LogP) is 2.74. The molecule has 168 valence electrons. The molecule has 1 unspecified atom stereocenters. The number of guanidine groups is 1. The first-order valence-corrected chi connectivity index (χ1v) is 11.3. The lowest BCUT2D eigenvalue weighted by atomic mass is 10.2. The van der Waals surface area contributed by atoms with Crippen LogP contribution in [0.25, 0.3) is 0 Å². The van der Waals surface area contributed by atoms with E-state index < -0.39 is 0 Å². The van der Waals surface area contributed by atoms with E-state index in [2.05, 4.69) is 28.1 Å². The minimum Gasteiger partial charge on any atom is -0.465 e. The number of furan rings is 2. The van der Waals surface area contributed by atoms with Crippen molar-refractivity contribution in [3.8, 4) is 0 Å². The van der Waals surface area contributed by atoms with Crippen LogP contribution in [0.2, 0.25) is 0 Å². The Morgan fingerprint density at radius 2 is 1.84 bits per heavy atom. The number of nitrogens with one attached hydrogen (secondary N) is 1. The Balaban J connectivity index is 1.42. The first-order valence-electron chi connectivity index (χ1n) is 11.3. The Bertz CT molecular complexity index is 862. The van der Waals surface area contributed by atoms with Gasteiger partial charge in [-0.15, -0.1) is 0 Å². The summed E-state index contributed by atoms with van der Waals surface area (Å²) in [6, 6.07) is 7.74. The van der Waals surface area contributed by atoms with Crippen molar-refractivity contribution in [1.82, 2.24) is 20.0 Å². The third kappa shape index (κ3) is 5.12. The number of hydrogen-bond acceptors (Lipinski definition) is 5. The van der Waals surface area contributed by atoms with Gasteiger partial charge in [0.25, 0.3) is 5.91 Å². The molecule has 1 atom stereocenters. The van der Waals surface area contributed by atoms with E-state index in [9.17, 15) is 4.79 Å². The first kappa shape index (κ1) is 21.5. The summed E-state index contributed by atoms with van der Waals surface area (Å²) in [7, 11) is 0. The average Bonchev–Trinajstić information content (AvgIpc) is 3.56. The molecular formula is C23H33N5O3. The molecule has 2 aromatic rings. The number of hydrogen-bond donors (Lipinski definition) is 1. The van der Waals surface area contributed by atoms with E-state index in [0.29, 0.717) is 25.4 Å². The summed E-state index contributed by atoms with van der Waals surface area (Å²) < 4.78 is 11.2. The molecule has 0 aliphatic carbocycles. The predicted molar refractivity (Wildman–Crippen MR) is 119 cm³/mol. The minimum absolute atomic E-state index is 0.0473. The molecule has 0 saturated carbocycles. The molecule has 2 fully saturated rings. The third-order valence-corrected chi connectivity index (χ3v) is 6.02. The topological polar surface area (TPSA) is 77.5 Å². The van der Waals surface area contributed by atoms with Crippen molar-refractivity contribution in [1.29, 1.82) is 0 Å². The number of carbonyl (C=O) groups is 1. The molecule has 0 spiro atoms. The zero-order chi connectivity index (χ0) is 21.6. The van der Waals surface area contributed by atoms with Crippen LogP contribution in [0.3, 0.4) is 0 Å². The lowest BCUT2D eigenvalue weighted by Crippen LogP contribution is -2.53. The second kappa shape index (κ2) is 10.0. The maximum absolute atomic E-state index is 12.5. The molecular weight excluding hydrogens is 394 g/mol. The Morgan fingerprint density at radius 1 is 1.10 bits per heavy atom. The molecule has 4 heterocycles. The fraction of sp³-hybridized carbons (Fsp3) is 0.565. The van der Waals surface area contributed by atoms with E-state index in [1.54, 1.807) is 12.1 Å². The second-order valence-electron chi connectivity index (χ2n) is 8.16. The van der Waals surface area contributed by atoms with Gasteiger partial charge in [0.2, 0.25) is 0 Å². The van der Waals surface area contributed by atoms with Crippen LogP contribution in [0.15, 0.2) is 44.4 Å². The van der Waals surface area contributed by atoms with E-state index >= 15 is 0 Å².